The number of aliphatic hydroxyl groups is 1. The first-order chi connectivity index (χ1) is 9.94. The van der Waals surface area contributed by atoms with Crippen molar-refractivity contribution in [1.29, 1.82) is 0 Å². The van der Waals surface area contributed by atoms with E-state index >= 15 is 0 Å². The fourth-order valence-corrected chi connectivity index (χ4v) is 5.52. The van der Waals surface area contributed by atoms with Gasteiger partial charge in [0, 0.05) is 18.5 Å². The third-order valence-electron chi connectivity index (χ3n) is 5.06. The molecule has 1 aromatic rings. The molecule has 1 N–H and O–H groups in total. The summed E-state index contributed by atoms with van der Waals surface area (Å²) in [5, 5.41) is 10.3. The lowest BCUT2D eigenvalue weighted by Crippen LogP contribution is -2.49. The number of piperidine rings is 1. The van der Waals surface area contributed by atoms with Crippen molar-refractivity contribution >= 4 is 10.0 Å². The number of nitrogens with zero attached hydrogens (tertiary/aromatic N) is 1. The standard InChI is InChI=1S/C16H23NO3S/c1-13-5-2-6-14(11-13)21(19,20)17-10-4-9-16(12-17)8-3-7-15(16)18/h2,5-6,11,15,18H,3-4,7-10,12H2,1H3/t15-,16-/m1/s1. The van der Waals surface area contributed by atoms with Crippen LogP contribution in [0.15, 0.2) is 29.2 Å². The van der Waals surface area contributed by atoms with Crippen LogP contribution in [0.25, 0.3) is 0 Å². The van der Waals surface area contributed by atoms with Crippen LogP contribution in [0.2, 0.25) is 0 Å². The highest BCUT2D eigenvalue weighted by Crippen LogP contribution is 2.45. The summed E-state index contributed by atoms with van der Waals surface area (Å²) in [7, 11) is -3.45. The molecule has 1 saturated carbocycles. The molecular weight excluding hydrogens is 286 g/mol. The van der Waals surface area contributed by atoms with Crippen LogP contribution in [0, 0.1) is 12.3 Å². The largest absolute Gasteiger partial charge is 0.392 e. The molecule has 4 nitrogen and oxygen atoms in total. The Morgan fingerprint density at radius 2 is 2.05 bits per heavy atom. The van der Waals surface area contributed by atoms with Gasteiger partial charge in [-0.3, -0.25) is 0 Å². The van der Waals surface area contributed by atoms with Crippen molar-refractivity contribution in [2.75, 3.05) is 13.1 Å². The van der Waals surface area contributed by atoms with E-state index in [1.165, 1.54) is 0 Å². The van der Waals surface area contributed by atoms with E-state index in [4.69, 9.17) is 0 Å². The van der Waals surface area contributed by atoms with Gasteiger partial charge in [-0.25, -0.2) is 8.42 Å². The Balaban J connectivity index is 1.89. The van der Waals surface area contributed by atoms with E-state index < -0.39 is 10.0 Å². The maximum Gasteiger partial charge on any atom is 0.243 e. The summed E-state index contributed by atoms with van der Waals surface area (Å²) in [6.07, 6.45) is 4.16. The Labute approximate surface area is 126 Å². The van der Waals surface area contributed by atoms with Crippen molar-refractivity contribution in [3.8, 4) is 0 Å². The lowest BCUT2D eigenvalue weighted by atomic mass is 9.77. The number of sulfonamides is 1. The van der Waals surface area contributed by atoms with Crippen molar-refractivity contribution in [1.82, 2.24) is 4.31 Å². The van der Waals surface area contributed by atoms with Crippen LogP contribution < -0.4 is 0 Å². The molecule has 0 aromatic heterocycles. The zero-order valence-electron chi connectivity index (χ0n) is 12.5. The van der Waals surface area contributed by atoms with Crippen molar-refractivity contribution in [3.63, 3.8) is 0 Å². The molecule has 0 unspecified atom stereocenters. The van der Waals surface area contributed by atoms with Crippen LogP contribution >= 0.6 is 0 Å². The van der Waals surface area contributed by atoms with Crippen LogP contribution in [0.4, 0.5) is 0 Å². The number of aliphatic hydroxyl groups excluding tert-OH is 1. The average Bonchev–Trinajstić information content (AvgIpc) is 2.80. The second-order valence-electron chi connectivity index (χ2n) is 6.53. The zero-order valence-corrected chi connectivity index (χ0v) is 13.3. The summed E-state index contributed by atoms with van der Waals surface area (Å²) in [6.45, 7) is 2.92. The van der Waals surface area contributed by atoms with Gasteiger partial charge >= 0.3 is 0 Å². The molecule has 1 saturated heterocycles. The first-order valence-electron chi connectivity index (χ1n) is 7.69. The normalized spacial score (nSPS) is 30.9. The third-order valence-corrected chi connectivity index (χ3v) is 6.90. The summed E-state index contributed by atoms with van der Waals surface area (Å²) in [6, 6.07) is 7.07. The van der Waals surface area contributed by atoms with Crippen LogP contribution in [0.5, 0.6) is 0 Å². The molecule has 3 rings (SSSR count). The number of benzene rings is 1. The molecule has 0 bridgehead atoms. The maximum atomic E-state index is 12.8. The van der Waals surface area contributed by atoms with Gasteiger partial charge in [0.05, 0.1) is 11.0 Å². The highest BCUT2D eigenvalue weighted by molar-refractivity contribution is 7.89. The quantitative estimate of drug-likeness (QED) is 0.912. The smallest absolute Gasteiger partial charge is 0.243 e. The highest BCUT2D eigenvalue weighted by Gasteiger charge is 2.47. The number of aryl methyl sites for hydroxylation is 1. The van der Waals surface area contributed by atoms with Crippen LogP contribution in [0.3, 0.4) is 0 Å². The van der Waals surface area contributed by atoms with Gasteiger partial charge < -0.3 is 5.11 Å². The minimum Gasteiger partial charge on any atom is -0.392 e. The molecule has 1 aliphatic carbocycles. The fraction of sp³-hybridized carbons (Fsp3) is 0.625. The van der Waals surface area contributed by atoms with Crippen molar-refractivity contribution < 1.29 is 13.5 Å². The molecule has 0 radical (unpaired) electrons. The minimum absolute atomic E-state index is 0.213. The molecule has 2 atom stereocenters. The SMILES string of the molecule is Cc1cccc(S(=O)(=O)N2CCC[C@]3(CCC[C@H]3O)C2)c1. The van der Waals surface area contributed by atoms with Gasteiger partial charge in [-0.05, 0) is 50.3 Å². The Bertz CT molecular complexity index is 628. The van der Waals surface area contributed by atoms with E-state index in [2.05, 4.69) is 0 Å². The molecule has 2 fully saturated rings. The Kier molecular flexibility index (Phi) is 3.84. The van der Waals surface area contributed by atoms with E-state index in [0.717, 1.165) is 37.7 Å². The number of hydrogen-bond donors (Lipinski definition) is 1. The first kappa shape index (κ1) is 15.0. The predicted molar refractivity (Wildman–Crippen MR) is 81.5 cm³/mol. The van der Waals surface area contributed by atoms with Gasteiger partial charge in [0.1, 0.15) is 0 Å². The number of hydrogen-bond acceptors (Lipinski definition) is 3. The van der Waals surface area contributed by atoms with Gasteiger partial charge in [0.2, 0.25) is 10.0 Å². The molecule has 21 heavy (non-hydrogen) atoms. The Morgan fingerprint density at radius 1 is 1.29 bits per heavy atom. The summed E-state index contributed by atoms with van der Waals surface area (Å²) in [5.74, 6) is 0. The second-order valence-corrected chi connectivity index (χ2v) is 8.47. The number of rotatable bonds is 2. The van der Waals surface area contributed by atoms with E-state index in [1.54, 1.807) is 22.5 Å². The van der Waals surface area contributed by atoms with Gasteiger partial charge in [0.25, 0.3) is 0 Å². The van der Waals surface area contributed by atoms with E-state index in [9.17, 15) is 13.5 Å². The molecule has 2 aliphatic rings. The third kappa shape index (κ3) is 2.62. The molecule has 1 spiro atoms. The maximum absolute atomic E-state index is 12.8. The van der Waals surface area contributed by atoms with E-state index in [0.29, 0.717) is 18.0 Å². The fourth-order valence-electron chi connectivity index (χ4n) is 3.84. The average molecular weight is 309 g/mol. The zero-order chi connectivity index (χ0) is 15.1. The summed E-state index contributed by atoms with van der Waals surface area (Å²) in [5.41, 5.74) is 0.735. The lowest BCUT2D eigenvalue weighted by Gasteiger charge is -2.41. The Hall–Kier alpha value is -0.910. The second kappa shape index (κ2) is 5.38. The van der Waals surface area contributed by atoms with Gasteiger partial charge in [-0.2, -0.15) is 4.31 Å². The Morgan fingerprint density at radius 3 is 2.71 bits per heavy atom. The monoisotopic (exact) mass is 309 g/mol. The van der Waals surface area contributed by atoms with Crippen LogP contribution in [-0.2, 0) is 10.0 Å². The van der Waals surface area contributed by atoms with Crippen molar-refractivity contribution in [2.45, 2.75) is 50.0 Å². The van der Waals surface area contributed by atoms with Gasteiger partial charge in [0.15, 0.2) is 0 Å². The van der Waals surface area contributed by atoms with Gasteiger partial charge in [-0.1, -0.05) is 18.6 Å². The van der Waals surface area contributed by atoms with E-state index in [-0.39, 0.29) is 11.5 Å². The van der Waals surface area contributed by atoms with Crippen LogP contribution in [0.1, 0.15) is 37.7 Å². The molecule has 1 aliphatic heterocycles. The molecule has 5 heteroatoms. The summed E-state index contributed by atoms with van der Waals surface area (Å²) < 4.78 is 27.2. The topological polar surface area (TPSA) is 57.6 Å². The molecule has 1 heterocycles. The predicted octanol–water partition coefficient (Wildman–Crippen LogP) is 2.31. The highest BCUT2D eigenvalue weighted by atomic mass is 32.2. The lowest BCUT2D eigenvalue weighted by molar-refractivity contribution is 0.0127. The van der Waals surface area contributed by atoms with E-state index in [1.807, 2.05) is 13.0 Å². The van der Waals surface area contributed by atoms with Crippen LogP contribution in [-0.4, -0.2) is 37.0 Å². The minimum atomic E-state index is -3.45. The molecule has 0 amide bonds. The molecule has 1 aromatic carbocycles. The van der Waals surface area contributed by atoms with Crippen molar-refractivity contribution in [2.24, 2.45) is 5.41 Å². The summed E-state index contributed by atoms with van der Waals surface area (Å²) >= 11 is 0. The summed E-state index contributed by atoms with van der Waals surface area (Å²) in [4.78, 5) is 0.368. The van der Waals surface area contributed by atoms with Crippen molar-refractivity contribution in [3.05, 3.63) is 29.8 Å². The first-order valence-corrected chi connectivity index (χ1v) is 9.13. The van der Waals surface area contributed by atoms with Gasteiger partial charge in [-0.15, -0.1) is 0 Å². The molecule has 116 valence electrons. The molecular formula is C16H23NO3S.